The van der Waals surface area contributed by atoms with Crippen LogP contribution in [-0.4, -0.2) is 67.0 Å². The normalized spacial score (nSPS) is 19.5. The van der Waals surface area contributed by atoms with Gasteiger partial charge in [0.15, 0.2) is 17.6 Å². The molecule has 1 heterocycles. The van der Waals surface area contributed by atoms with Crippen molar-refractivity contribution in [3.8, 4) is 17.2 Å². The Morgan fingerprint density at radius 3 is 2.11 bits per heavy atom. The van der Waals surface area contributed by atoms with Crippen molar-refractivity contribution in [2.75, 3.05) is 32.9 Å². The zero-order chi connectivity index (χ0) is 20.0. The average Bonchev–Trinajstić information content (AvgIpc) is 2.63. The molecule has 2 atom stereocenters. The summed E-state index contributed by atoms with van der Waals surface area (Å²) in [4.78, 5) is 25.8. The summed E-state index contributed by atoms with van der Waals surface area (Å²) in [5.41, 5.74) is 0.351. The molecule has 2 rings (SSSR count). The minimum Gasteiger partial charge on any atom is -0.490 e. The number of carbonyl (C=O) groups is 2. The topological polar surface area (TPSA) is 94.5 Å². The van der Waals surface area contributed by atoms with Gasteiger partial charge in [-0.3, -0.25) is 4.79 Å². The highest BCUT2D eigenvalue weighted by Crippen LogP contribution is 2.39. The lowest BCUT2D eigenvalue weighted by Gasteiger charge is -2.35. The second kappa shape index (κ2) is 9.45. The fourth-order valence-corrected chi connectivity index (χ4v) is 2.95. The van der Waals surface area contributed by atoms with Gasteiger partial charge in [-0.15, -0.1) is 0 Å². The highest BCUT2D eigenvalue weighted by molar-refractivity contribution is 5.96. The molecule has 1 amide bonds. The van der Waals surface area contributed by atoms with Crippen molar-refractivity contribution < 1.29 is 33.6 Å². The summed E-state index contributed by atoms with van der Waals surface area (Å²) < 4.78 is 22.3. The molecule has 27 heavy (non-hydrogen) atoms. The van der Waals surface area contributed by atoms with E-state index in [1.54, 1.807) is 19.1 Å². The fraction of sp³-hybridized carbons (Fsp3) is 0.579. The van der Waals surface area contributed by atoms with E-state index in [-0.39, 0.29) is 18.6 Å². The van der Waals surface area contributed by atoms with Crippen LogP contribution in [-0.2, 0) is 9.53 Å². The maximum atomic E-state index is 13.0. The summed E-state index contributed by atoms with van der Waals surface area (Å²) in [5.74, 6) is -0.0941. The van der Waals surface area contributed by atoms with Crippen LogP contribution in [0.1, 0.15) is 38.1 Å². The molecular formula is C19H27NO7. The minimum atomic E-state index is -1.09. The average molecular weight is 381 g/mol. The largest absolute Gasteiger partial charge is 0.490 e. The van der Waals surface area contributed by atoms with Gasteiger partial charge in [0.2, 0.25) is 5.75 Å². The van der Waals surface area contributed by atoms with Gasteiger partial charge < -0.3 is 29.0 Å². The van der Waals surface area contributed by atoms with Crippen LogP contribution in [0, 0.1) is 0 Å². The molecule has 1 N–H and O–H groups in total. The number of aliphatic carboxylic acids is 1. The molecule has 0 saturated carbocycles. The molecule has 0 bridgehead atoms. The number of morpholine rings is 1. The van der Waals surface area contributed by atoms with Crippen LogP contribution in [0.3, 0.4) is 0 Å². The Hall–Kier alpha value is -2.48. The Morgan fingerprint density at radius 1 is 1.07 bits per heavy atom. The van der Waals surface area contributed by atoms with E-state index in [4.69, 9.17) is 18.9 Å². The molecule has 0 spiro atoms. The summed E-state index contributed by atoms with van der Waals surface area (Å²) in [5, 5.41) is 9.23. The number of carbonyl (C=O) groups excluding carboxylic acids is 1. The lowest BCUT2D eigenvalue weighted by molar-refractivity contribution is -0.160. The number of carboxylic acids is 1. The predicted molar refractivity (Wildman–Crippen MR) is 97.8 cm³/mol. The minimum absolute atomic E-state index is 0.0142. The van der Waals surface area contributed by atoms with E-state index < -0.39 is 12.1 Å². The van der Waals surface area contributed by atoms with E-state index in [1.165, 1.54) is 4.90 Å². The SMILES string of the molecule is CCOc1cc(C(=O)N2CC(C(=O)O)O[C@H](C)C2)cc(OCC)c1OCC. The molecule has 1 aromatic carbocycles. The Balaban J connectivity index is 2.37. The third-order valence-corrected chi connectivity index (χ3v) is 3.98. The monoisotopic (exact) mass is 381 g/mol. The zero-order valence-electron chi connectivity index (χ0n) is 16.2. The van der Waals surface area contributed by atoms with Gasteiger partial charge in [0.25, 0.3) is 5.91 Å². The maximum absolute atomic E-state index is 13.0. The highest BCUT2D eigenvalue weighted by atomic mass is 16.5. The Kier molecular flexibility index (Phi) is 7.29. The van der Waals surface area contributed by atoms with Crippen molar-refractivity contribution in [2.24, 2.45) is 0 Å². The number of ether oxygens (including phenoxy) is 4. The number of carboxylic acid groups (broad SMARTS) is 1. The number of benzene rings is 1. The standard InChI is InChI=1S/C19H27NO7/c1-5-24-14-8-13(9-15(25-6-2)17(14)26-7-3)18(21)20-10-12(4)27-16(11-20)19(22)23/h8-9,12,16H,5-7,10-11H2,1-4H3,(H,22,23)/t12-,16?/m1/s1. The van der Waals surface area contributed by atoms with Gasteiger partial charge in [-0.1, -0.05) is 0 Å². The van der Waals surface area contributed by atoms with Gasteiger partial charge in [0, 0.05) is 12.1 Å². The zero-order valence-corrected chi connectivity index (χ0v) is 16.2. The summed E-state index contributed by atoms with van der Waals surface area (Å²) in [6.45, 7) is 8.80. The van der Waals surface area contributed by atoms with Gasteiger partial charge >= 0.3 is 5.97 Å². The quantitative estimate of drug-likeness (QED) is 0.738. The first kappa shape index (κ1) is 20.8. The van der Waals surface area contributed by atoms with Crippen molar-refractivity contribution >= 4 is 11.9 Å². The van der Waals surface area contributed by atoms with Crippen molar-refractivity contribution in [3.05, 3.63) is 17.7 Å². The number of hydrogen-bond donors (Lipinski definition) is 1. The number of rotatable bonds is 8. The molecule has 1 fully saturated rings. The molecule has 1 unspecified atom stereocenters. The second-order valence-corrected chi connectivity index (χ2v) is 6.08. The van der Waals surface area contributed by atoms with Crippen molar-refractivity contribution in [3.63, 3.8) is 0 Å². The Morgan fingerprint density at radius 2 is 1.63 bits per heavy atom. The first-order valence-corrected chi connectivity index (χ1v) is 9.15. The number of hydrogen-bond acceptors (Lipinski definition) is 6. The van der Waals surface area contributed by atoms with Crippen molar-refractivity contribution in [1.29, 1.82) is 0 Å². The Labute approximate surface area is 159 Å². The van der Waals surface area contributed by atoms with Crippen molar-refractivity contribution in [2.45, 2.75) is 39.9 Å². The second-order valence-electron chi connectivity index (χ2n) is 6.08. The highest BCUT2D eigenvalue weighted by Gasteiger charge is 2.33. The first-order valence-electron chi connectivity index (χ1n) is 9.15. The van der Waals surface area contributed by atoms with Gasteiger partial charge in [-0.2, -0.15) is 0 Å². The van der Waals surface area contributed by atoms with Gasteiger partial charge in [0.1, 0.15) is 0 Å². The van der Waals surface area contributed by atoms with Crippen molar-refractivity contribution in [1.82, 2.24) is 4.90 Å². The molecule has 1 aromatic rings. The van der Waals surface area contributed by atoms with Gasteiger partial charge in [-0.25, -0.2) is 4.79 Å². The van der Waals surface area contributed by atoms with Crippen LogP contribution in [0.5, 0.6) is 17.2 Å². The van der Waals surface area contributed by atoms with Crippen LogP contribution in [0.25, 0.3) is 0 Å². The summed E-state index contributed by atoms with van der Waals surface area (Å²) in [6.07, 6.45) is -1.41. The fourth-order valence-electron chi connectivity index (χ4n) is 2.95. The van der Waals surface area contributed by atoms with E-state index in [9.17, 15) is 14.7 Å². The molecule has 0 aliphatic carbocycles. The molecule has 8 nitrogen and oxygen atoms in total. The van der Waals surface area contributed by atoms with Crippen LogP contribution < -0.4 is 14.2 Å². The summed E-state index contributed by atoms with van der Waals surface area (Å²) >= 11 is 0. The third kappa shape index (κ3) is 5.03. The number of nitrogens with zero attached hydrogens (tertiary/aromatic N) is 1. The molecule has 0 aromatic heterocycles. The molecular weight excluding hydrogens is 354 g/mol. The summed E-state index contributed by atoms with van der Waals surface area (Å²) in [6, 6.07) is 3.21. The Bertz CT molecular complexity index is 649. The van der Waals surface area contributed by atoms with E-state index in [1.807, 2.05) is 20.8 Å². The molecule has 150 valence electrons. The first-order chi connectivity index (χ1) is 12.9. The summed E-state index contributed by atoms with van der Waals surface area (Å²) in [7, 11) is 0. The van der Waals surface area contributed by atoms with Crippen LogP contribution in [0.2, 0.25) is 0 Å². The molecule has 1 saturated heterocycles. The van der Waals surface area contributed by atoms with Crippen LogP contribution >= 0.6 is 0 Å². The van der Waals surface area contributed by atoms with E-state index in [0.717, 1.165) is 0 Å². The van der Waals surface area contributed by atoms with Crippen LogP contribution in [0.4, 0.5) is 0 Å². The van der Waals surface area contributed by atoms with E-state index >= 15 is 0 Å². The van der Waals surface area contributed by atoms with Crippen LogP contribution in [0.15, 0.2) is 12.1 Å². The predicted octanol–water partition coefficient (Wildman–Crippen LogP) is 2.20. The lowest BCUT2D eigenvalue weighted by atomic mass is 10.1. The maximum Gasteiger partial charge on any atom is 0.334 e. The number of amides is 1. The smallest absolute Gasteiger partial charge is 0.334 e. The third-order valence-electron chi connectivity index (χ3n) is 3.98. The van der Waals surface area contributed by atoms with E-state index in [0.29, 0.717) is 49.2 Å². The van der Waals surface area contributed by atoms with Gasteiger partial charge in [0.05, 0.1) is 32.5 Å². The molecule has 0 radical (unpaired) electrons. The molecule has 1 aliphatic rings. The lowest BCUT2D eigenvalue weighted by Crippen LogP contribution is -2.51. The van der Waals surface area contributed by atoms with Gasteiger partial charge in [-0.05, 0) is 39.8 Å². The van der Waals surface area contributed by atoms with E-state index in [2.05, 4.69) is 0 Å². The molecule has 1 aliphatic heterocycles. The molecule has 8 heteroatoms.